The zero-order valence-electron chi connectivity index (χ0n) is 17.5. The van der Waals surface area contributed by atoms with Crippen molar-refractivity contribution in [1.82, 2.24) is 10.6 Å². The van der Waals surface area contributed by atoms with E-state index in [-0.39, 0.29) is 22.8 Å². The van der Waals surface area contributed by atoms with E-state index in [1.165, 1.54) is 19.2 Å². The number of sulfone groups is 1. The molecule has 1 unspecified atom stereocenters. The third-order valence-electron chi connectivity index (χ3n) is 4.81. The second-order valence-corrected chi connectivity index (χ2v) is 8.95. The summed E-state index contributed by atoms with van der Waals surface area (Å²) in [6, 6.07) is 11.7. The third kappa shape index (κ3) is 4.88. The normalized spacial score (nSPS) is 16.4. The number of hydrogen-bond acceptors (Lipinski definition) is 6. The fraction of sp³-hybridized carbons (Fsp3) is 0.273. The summed E-state index contributed by atoms with van der Waals surface area (Å²) >= 11 is 0. The van der Waals surface area contributed by atoms with Gasteiger partial charge in [-0.1, -0.05) is 35.9 Å². The fourth-order valence-corrected chi connectivity index (χ4v) is 4.66. The predicted octanol–water partition coefficient (Wildman–Crippen LogP) is 2.65. The molecule has 0 saturated heterocycles. The van der Waals surface area contributed by atoms with Crippen LogP contribution in [-0.2, 0) is 19.4 Å². The molecule has 164 valence electrons. The molecule has 0 aromatic heterocycles. The average molecular weight is 445 g/mol. The first-order valence-electron chi connectivity index (χ1n) is 9.66. The minimum Gasteiger partial charge on any atom is -0.496 e. The molecule has 9 heteroatoms. The lowest BCUT2D eigenvalue weighted by molar-refractivity contribution is -0.139. The number of carbonyl (C=O) groups is 2. The van der Waals surface area contributed by atoms with Crippen LogP contribution < -0.4 is 15.4 Å². The first-order chi connectivity index (χ1) is 14.8. The number of urea groups is 1. The van der Waals surface area contributed by atoms with Gasteiger partial charge in [-0.15, -0.1) is 0 Å². The number of amides is 2. The van der Waals surface area contributed by atoms with Crippen LogP contribution in [-0.4, -0.2) is 39.9 Å². The second kappa shape index (κ2) is 9.22. The van der Waals surface area contributed by atoms with Crippen LogP contribution in [0.1, 0.15) is 24.1 Å². The highest BCUT2D eigenvalue weighted by Crippen LogP contribution is 2.34. The largest absolute Gasteiger partial charge is 0.496 e. The molecule has 0 bridgehead atoms. The molecular weight excluding hydrogens is 420 g/mol. The molecular formula is C22H24N2O6S. The fourth-order valence-electron chi connectivity index (χ4n) is 3.34. The van der Waals surface area contributed by atoms with E-state index in [9.17, 15) is 18.0 Å². The monoisotopic (exact) mass is 444 g/mol. The van der Waals surface area contributed by atoms with Crippen LogP contribution in [0.5, 0.6) is 5.75 Å². The zero-order valence-corrected chi connectivity index (χ0v) is 18.3. The zero-order chi connectivity index (χ0) is 22.6. The number of ether oxygens (including phenoxy) is 2. The number of aryl methyl sites for hydroxylation is 1. The van der Waals surface area contributed by atoms with Gasteiger partial charge in [-0.3, -0.25) is 0 Å². The summed E-state index contributed by atoms with van der Waals surface area (Å²) in [5, 5.41) is 5.17. The Kier molecular flexibility index (Phi) is 6.65. The minimum atomic E-state index is -3.84. The lowest BCUT2D eigenvalue weighted by atomic mass is 9.95. The Morgan fingerprint density at radius 3 is 2.42 bits per heavy atom. The van der Waals surface area contributed by atoms with Gasteiger partial charge in [-0.05, 0) is 32.0 Å². The molecule has 1 aliphatic rings. The summed E-state index contributed by atoms with van der Waals surface area (Å²) in [7, 11) is -2.37. The molecule has 1 atom stereocenters. The first-order valence-corrected chi connectivity index (χ1v) is 11.3. The first kappa shape index (κ1) is 22.4. The highest BCUT2D eigenvalue weighted by molar-refractivity contribution is 7.91. The Labute approximate surface area is 181 Å². The number of esters is 1. The van der Waals surface area contributed by atoms with Gasteiger partial charge in [0.05, 0.1) is 36.0 Å². The van der Waals surface area contributed by atoms with Gasteiger partial charge in [-0.2, -0.15) is 0 Å². The standard InChI is InChI=1S/C22H24N2O6S/c1-4-30-21(25)19-17(13-31(27,28)15-11-9-14(2)10-12-15)23-22(26)24-20(19)16-7-5-6-8-18(16)29-3/h5-12,20H,4,13H2,1-3H3,(H2,23,24,26). The van der Waals surface area contributed by atoms with Crippen LogP contribution in [0.3, 0.4) is 0 Å². The van der Waals surface area contributed by atoms with Crippen LogP contribution in [0.2, 0.25) is 0 Å². The average Bonchev–Trinajstić information content (AvgIpc) is 2.73. The quantitative estimate of drug-likeness (QED) is 0.635. The molecule has 3 rings (SSSR count). The highest BCUT2D eigenvalue weighted by Gasteiger charge is 2.36. The smallest absolute Gasteiger partial charge is 0.338 e. The molecule has 1 aliphatic heterocycles. The van der Waals surface area contributed by atoms with Gasteiger partial charge >= 0.3 is 12.0 Å². The number of hydrogen-bond donors (Lipinski definition) is 2. The number of benzene rings is 2. The number of carbonyl (C=O) groups excluding carboxylic acids is 2. The summed E-state index contributed by atoms with van der Waals surface area (Å²) < 4.78 is 36.6. The van der Waals surface area contributed by atoms with Crippen LogP contribution in [0, 0.1) is 6.92 Å². The predicted molar refractivity (Wildman–Crippen MR) is 114 cm³/mol. The van der Waals surface area contributed by atoms with E-state index in [0.717, 1.165) is 5.56 Å². The van der Waals surface area contributed by atoms with E-state index >= 15 is 0 Å². The maximum Gasteiger partial charge on any atom is 0.338 e. The molecule has 1 heterocycles. The van der Waals surface area contributed by atoms with Crippen molar-refractivity contribution < 1.29 is 27.5 Å². The maximum atomic E-state index is 13.0. The number of rotatable bonds is 7. The van der Waals surface area contributed by atoms with E-state index in [0.29, 0.717) is 11.3 Å². The van der Waals surface area contributed by atoms with E-state index in [1.54, 1.807) is 43.3 Å². The van der Waals surface area contributed by atoms with Gasteiger partial charge < -0.3 is 20.1 Å². The van der Waals surface area contributed by atoms with Crippen molar-refractivity contribution in [3.63, 3.8) is 0 Å². The molecule has 0 aliphatic carbocycles. The Morgan fingerprint density at radius 1 is 1.10 bits per heavy atom. The minimum absolute atomic E-state index is 0.0154. The summed E-state index contributed by atoms with van der Waals surface area (Å²) in [4.78, 5) is 25.4. The Bertz CT molecular complexity index is 1120. The van der Waals surface area contributed by atoms with Gasteiger partial charge in [0.2, 0.25) is 0 Å². The molecule has 0 spiro atoms. The van der Waals surface area contributed by atoms with Gasteiger partial charge in [0, 0.05) is 11.3 Å². The van der Waals surface area contributed by atoms with Gasteiger partial charge in [-0.25, -0.2) is 18.0 Å². The molecule has 0 fully saturated rings. The maximum absolute atomic E-state index is 13.0. The molecule has 31 heavy (non-hydrogen) atoms. The van der Waals surface area contributed by atoms with E-state index in [2.05, 4.69) is 10.6 Å². The summed E-state index contributed by atoms with van der Waals surface area (Å²) in [6.07, 6.45) is 0. The molecule has 0 saturated carbocycles. The molecule has 2 aromatic carbocycles. The SMILES string of the molecule is CCOC(=O)C1=C(CS(=O)(=O)c2ccc(C)cc2)NC(=O)NC1c1ccccc1OC. The van der Waals surface area contributed by atoms with Crippen molar-refractivity contribution in [1.29, 1.82) is 0 Å². The van der Waals surface area contributed by atoms with Crippen molar-refractivity contribution >= 4 is 21.8 Å². The Hall–Kier alpha value is -3.33. The van der Waals surface area contributed by atoms with Gasteiger partial charge in [0.25, 0.3) is 0 Å². The topological polar surface area (TPSA) is 111 Å². The molecule has 2 aromatic rings. The van der Waals surface area contributed by atoms with Crippen LogP contribution in [0.4, 0.5) is 4.79 Å². The molecule has 0 radical (unpaired) electrons. The van der Waals surface area contributed by atoms with Crippen LogP contribution in [0.25, 0.3) is 0 Å². The van der Waals surface area contributed by atoms with E-state index in [4.69, 9.17) is 9.47 Å². The molecule has 2 N–H and O–H groups in total. The number of methoxy groups -OCH3 is 1. The van der Waals surface area contributed by atoms with Crippen LogP contribution in [0.15, 0.2) is 64.7 Å². The van der Waals surface area contributed by atoms with Crippen molar-refractivity contribution in [2.24, 2.45) is 0 Å². The molecule has 8 nitrogen and oxygen atoms in total. The lowest BCUT2D eigenvalue weighted by Crippen LogP contribution is -2.47. The van der Waals surface area contributed by atoms with Gasteiger partial charge in [0.15, 0.2) is 9.84 Å². The Morgan fingerprint density at radius 2 is 1.77 bits per heavy atom. The second-order valence-electron chi connectivity index (χ2n) is 6.96. The van der Waals surface area contributed by atoms with Crippen molar-refractivity contribution in [2.45, 2.75) is 24.8 Å². The van der Waals surface area contributed by atoms with Crippen LogP contribution >= 0.6 is 0 Å². The summed E-state index contributed by atoms with van der Waals surface area (Å²) in [6.45, 7) is 3.59. The Balaban J connectivity index is 2.13. The number of nitrogens with one attached hydrogen (secondary N) is 2. The van der Waals surface area contributed by atoms with E-state index < -0.39 is 33.6 Å². The van der Waals surface area contributed by atoms with Crippen molar-refractivity contribution in [2.75, 3.05) is 19.5 Å². The van der Waals surface area contributed by atoms with Gasteiger partial charge in [0.1, 0.15) is 5.75 Å². The lowest BCUT2D eigenvalue weighted by Gasteiger charge is -2.30. The van der Waals surface area contributed by atoms with Crippen molar-refractivity contribution in [3.05, 3.63) is 70.9 Å². The summed E-state index contributed by atoms with van der Waals surface area (Å²) in [5.41, 5.74) is 1.41. The van der Waals surface area contributed by atoms with E-state index in [1.807, 2.05) is 6.92 Å². The highest BCUT2D eigenvalue weighted by atomic mass is 32.2. The third-order valence-corrected chi connectivity index (χ3v) is 6.47. The summed E-state index contributed by atoms with van der Waals surface area (Å²) in [5.74, 6) is -0.847. The van der Waals surface area contributed by atoms with Crippen molar-refractivity contribution in [3.8, 4) is 5.75 Å². The molecule has 2 amide bonds. The number of para-hydroxylation sites is 1.